The van der Waals surface area contributed by atoms with E-state index in [-0.39, 0.29) is 5.75 Å². The van der Waals surface area contributed by atoms with Gasteiger partial charge in [-0.15, -0.1) is 0 Å². The van der Waals surface area contributed by atoms with Crippen molar-refractivity contribution in [1.29, 1.82) is 0 Å². The van der Waals surface area contributed by atoms with Gasteiger partial charge in [0.05, 0.1) is 12.3 Å². The van der Waals surface area contributed by atoms with E-state index in [1.807, 2.05) is 23.9 Å². The Kier molecular flexibility index (Phi) is 9.10. The molecular formula is C10H15F6N3O7S3. The Morgan fingerprint density at radius 2 is 1.41 bits per heavy atom. The molecule has 0 unspecified atom stereocenters. The second-order valence-corrected chi connectivity index (χ2v) is 10.1. The van der Waals surface area contributed by atoms with E-state index in [9.17, 15) is 51.6 Å². The van der Waals surface area contributed by atoms with Crippen molar-refractivity contribution in [2.24, 2.45) is 0 Å². The lowest BCUT2D eigenvalue weighted by Crippen LogP contribution is -2.34. The molecule has 0 spiro atoms. The van der Waals surface area contributed by atoms with Gasteiger partial charge in [0.1, 0.15) is 12.4 Å². The summed E-state index contributed by atoms with van der Waals surface area (Å²) in [6.45, 7) is 2.72. The summed E-state index contributed by atoms with van der Waals surface area (Å²) >= 11 is 0. The monoisotopic (exact) mass is 499 g/mol. The van der Waals surface area contributed by atoms with Gasteiger partial charge < -0.3 is 4.13 Å². The Bertz CT molecular complexity index is 939. The molecule has 0 amide bonds. The number of nitrogens with one attached hydrogen (secondary N) is 1. The maximum Gasteiger partial charge on any atom is 0.480 e. The topological polar surface area (TPSA) is 156 Å². The minimum Gasteiger partial charge on any atom is -0.421 e. The van der Waals surface area contributed by atoms with Gasteiger partial charge >= 0.3 is 11.0 Å². The van der Waals surface area contributed by atoms with Gasteiger partial charge in [0, 0.05) is 6.92 Å². The van der Waals surface area contributed by atoms with E-state index in [4.69, 9.17) is 4.55 Å². The van der Waals surface area contributed by atoms with Crippen molar-refractivity contribution in [3.63, 3.8) is 0 Å². The first-order valence-corrected chi connectivity index (χ1v) is 11.5. The van der Waals surface area contributed by atoms with E-state index in [1.165, 1.54) is 0 Å². The van der Waals surface area contributed by atoms with Crippen molar-refractivity contribution >= 4 is 30.2 Å². The molecule has 0 bridgehead atoms. The lowest BCUT2D eigenvalue weighted by atomic mass is 10.3. The summed E-state index contributed by atoms with van der Waals surface area (Å²) in [6.07, 6.45) is 4.96. The summed E-state index contributed by atoms with van der Waals surface area (Å²) < 4.78 is 140. The standard InChI is InChI=1S/C8H14N2O3S.C2F6NO4S2/c1-8-9-4-6-10(8)5-2-3-7-14(11,12)13;3-1(4,5)14(10,11)9-15(12,13)2(6,7)8/h4,6H,2-3,5,7H2,1H3,(H,11,12,13);/q;-1/p+1. The van der Waals surface area contributed by atoms with Crippen LogP contribution in [0, 0.1) is 6.92 Å². The summed E-state index contributed by atoms with van der Waals surface area (Å²) in [5, 5.41) is 0. The summed E-state index contributed by atoms with van der Waals surface area (Å²) in [6, 6.07) is 0. The van der Waals surface area contributed by atoms with Gasteiger partial charge in [0.15, 0.2) is 20.0 Å². The van der Waals surface area contributed by atoms with E-state index in [0.717, 1.165) is 22.9 Å². The largest absolute Gasteiger partial charge is 0.480 e. The van der Waals surface area contributed by atoms with Crippen LogP contribution in [0.15, 0.2) is 12.4 Å². The van der Waals surface area contributed by atoms with Crippen LogP contribution in [-0.2, 0) is 36.7 Å². The number of halogens is 6. The van der Waals surface area contributed by atoms with Gasteiger partial charge in [0.25, 0.3) is 15.9 Å². The predicted octanol–water partition coefficient (Wildman–Crippen LogP) is 1.34. The molecule has 2 N–H and O–H groups in total. The van der Waals surface area contributed by atoms with E-state index in [0.29, 0.717) is 6.42 Å². The number of hydrogen-bond donors (Lipinski definition) is 2. The van der Waals surface area contributed by atoms with Crippen molar-refractivity contribution in [1.82, 2.24) is 4.98 Å². The number of aromatic nitrogens is 2. The van der Waals surface area contributed by atoms with Crippen molar-refractivity contribution < 1.29 is 60.7 Å². The maximum atomic E-state index is 11.4. The smallest absolute Gasteiger partial charge is 0.421 e. The summed E-state index contributed by atoms with van der Waals surface area (Å²) in [4.78, 5) is 3.02. The van der Waals surface area contributed by atoms with Gasteiger partial charge in [-0.2, -0.15) is 34.8 Å². The molecule has 19 heteroatoms. The molecule has 0 aromatic carbocycles. The number of rotatable bonds is 7. The SMILES string of the molecule is Cc1[nH]cc[n+]1CCCCS(=O)(=O)O.O=S(=O)([N-]S(=O)(=O)C(F)(F)F)C(F)(F)F. The molecule has 1 heterocycles. The number of H-pyrrole nitrogens is 1. The van der Waals surface area contributed by atoms with Crippen LogP contribution in [0.25, 0.3) is 4.13 Å². The molecule has 0 fully saturated rings. The van der Waals surface area contributed by atoms with E-state index in [2.05, 4.69) is 4.98 Å². The molecular weight excluding hydrogens is 484 g/mol. The first kappa shape index (κ1) is 27.6. The highest BCUT2D eigenvalue weighted by Gasteiger charge is 2.46. The third-order valence-electron chi connectivity index (χ3n) is 2.81. The van der Waals surface area contributed by atoms with Crippen LogP contribution >= 0.6 is 0 Å². The van der Waals surface area contributed by atoms with E-state index in [1.54, 1.807) is 0 Å². The van der Waals surface area contributed by atoms with Gasteiger partial charge in [-0.05, 0) is 12.8 Å². The molecule has 0 aliphatic carbocycles. The highest BCUT2D eigenvalue weighted by atomic mass is 32.3. The molecule has 1 rings (SSSR count). The second kappa shape index (κ2) is 9.58. The maximum absolute atomic E-state index is 11.4. The average molecular weight is 499 g/mol. The van der Waals surface area contributed by atoms with Crippen LogP contribution < -0.4 is 4.57 Å². The molecule has 29 heavy (non-hydrogen) atoms. The van der Waals surface area contributed by atoms with E-state index < -0.39 is 41.2 Å². The molecule has 10 nitrogen and oxygen atoms in total. The molecule has 0 aliphatic heterocycles. The zero-order chi connectivity index (χ0) is 23.3. The normalized spacial score (nSPS) is 13.7. The fraction of sp³-hybridized carbons (Fsp3) is 0.700. The zero-order valence-corrected chi connectivity index (χ0v) is 16.7. The molecule has 0 atom stereocenters. The predicted molar refractivity (Wildman–Crippen MR) is 84.7 cm³/mol. The number of aromatic amines is 1. The number of imidazole rings is 1. The van der Waals surface area contributed by atoms with Crippen LogP contribution in [0.1, 0.15) is 18.7 Å². The molecule has 0 saturated heterocycles. The van der Waals surface area contributed by atoms with Crippen molar-refractivity contribution in [2.45, 2.75) is 37.3 Å². The van der Waals surface area contributed by atoms with Crippen LogP contribution in [0.4, 0.5) is 26.3 Å². The Labute approximate surface area is 161 Å². The Morgan fingerprint density at radius 3 is 1.72 bits per heavy atom. The Hall–Kier alpha value is -1.44. The second-order valence-electron chi connectivity index (χ2n) is 5.15. The Balaban J connectivity index is 0.000000541. The summed E-state index contributed by atoms with van der Waals surface area (Å²) in [7, 11) is -17.2. The fourth-order valence-electron chi connectivity index (χ4n) is 1.47. The third-order valence-corrected chi connectivity index (χ3v) is 6.35. The summed E-state index contributed by atoms with van der Waals surface area (Å²) in [5.41, 5.74) is -12.4. The first-order valence-electron chi connectivity index (χ1n) is 7.05. The van der Waals surface area contributed by atoms with Gasteiger partial charge in [-0.25, -0.2) is 26.4 Å². The highest BCUT2D eigenvalue weighted by Crippen LogP contribution is 2.36. The molecule has 0 saturated carbocycles. The molecule has 1 aromatic rings. The van der Waals surface area contributed by atoms with Crippen molar-refractivity contribution in [3.05, 3.63) is 22.3 Å². The molecule has 0 aliphatic rings. The van der Waals surface area contributed by atoms with Crippen LogP contribution in [0.3, 0.4) is 0 Å². The molecule has 1 aromatic heterocycles. The van der Waals surface area contributed by atoms with Crippen LogP contribution in [-0.4, -0.2) is 51.6 Å². The van der Waals surface area contributed by atoms with Crippen LogP contribution in [0.5, 0.6) is 0 Å². The zero-order valence-electron chi connectivity index (χ0n) is 14.3. The first-order chi connectivity index (χ1) is 12.7. The highest BCUT2D eigenvalue weighted by molar-refractivity contribution is 8.13. The van der Waals surface area contributed by atoms with Crippen molar-refractivity contribution in [2.75, 3.05) is 5.75 Å². The Morgan fingerprint density at radius 1 is 0.966 bits per heavy atom. The fourth-order valence-corrected chi connectivity index (χ4v) is 3.74. The number of hydrogen-bond acceptors (Lipinski definition) is 6. The van der Waals surface area contributed by atoms with Crippen LogP contribution in [0.2, 0.25) is 0 Å². The van der Waals surface area contributed by atoms with Gasteiger partial charge in [-0.3, -0.25) is 4.55 Å². The average Bonchev–Trinajstić information content (AvgIpc) is 2.85. The number of nitrogens with zero attached hydrogens (tertiary/aromatic N) is 2. The molecule has 172 valence electrons. The number of unbranched alkanes of at least 4 members (excludes halogenated alkanes) is 1. The summed E-state index contributed by atoms with van der Waals surface area (Å²) in [5.74, 6) is 0.883. The van der Waals surface area contributed by atoms with Crippen molar-refractivity contribution in [3.8, 4) is 0 Å². The minimum atomic E-state index is -6.72. The number of alkyl halides is 6. The molecule has 0 radical (unpaired) electrons. The lowest BCUT2D eigenvalue weighted by molar-refractivity contribution is -0.701. The number of aryl methyl sites for hydroxylation is 2. The van der Waals surface area contributed by atoms with Gasteiger partial charge in [-0.1, -0.05) is 0 Å². The number of sulfonamides is 2. The van der Waals surface area contributed by atoms with Gasteiger partial charge in [0.2, 0.25) is 0 Å². The minimum absolute atomic E-state index is 0.156. The van der Waals surface area contributed by atoms with E-state index >= 15 is 0 Å². The quantitative estimate of drug-likeness (QED) is 0.248. The third kappa shape index (κ3) is 9.74. The lowest BCUT2D eigenvalue weighted by Gasteiger charge is -2.22.